The second kappa shape index (κ2) is 7.26. The zero-order valence-electron chi connectivity index (χ0n) is 16.1. The standard InChI is InChI=1S/C23H17F2NO4/c1-12-11-14(4-9-17(12)25)21(27)19-20(18-10-3-13(2)30-18)26(23(29)22(19)28)16-7-5-15(24)6-8-16/h3-11,20,27H,1-2H3/b21-19-. The van der Waals surface area contributed by atoms with Crippen molar-refractivity contribution in [3.05, 3.63) is 94.5 Å². The van der Waals surface area contributed by atoms with E-state index in [1.54, 1.807) is 19.1 Å². The number of aliphatic hydroxyl groups excluding tert-OH is 1. The van der Waals surface area contributed by atoms with E-state index in [4.69, 9.17) is 4.42 Å². The van der Waals surface area contributed by atoms with Crippen molar-refractivity contribution in [2.75, 3.05) is 4.90 Å². The van der Waals surface area contributed by atoms with E-state index in [1.807, 2.05) is 0 Å². The predicted octanol–water partition coefficient (Wildman–Crippen LogP) is 4.80. The van der Waals surface area contributed by atoms with Gasteiger partial charge in [0.1, 0.15) is 35.0 Å². The van der Waals surface area contributed by atoms with Crippen LogP contribution in [0.2, 0.25) is 0 Å². The summed E-state index contributed by atoms with van der Waals surface area (Å²) >= 11 is 0. The van der Waals surface area contributed by atoms with Crippen LogP contribution in [0.25, 0.3) is 5.76 Å². The van der Waals surface area contributed by atoms with Crippen LogP contribution in [0.15, 0.2) is 64.6 Å². The molecule has 1 aliphatic heterocycles. The Kier molecular flexibility index (Phi) is 4.73. The van der Waals surface area contributed by atoms with Crippen molar-refractivity contribution in [3.63, 3.8) is 0 Å². The monoisotopic (exact) mass is 409 g/mol. The smallest absolute Gasteiger partial charge is 0.300 e. The van der Waals surface area contributed by atoms with Gasteiger partial charge in [-0.1, -0.05) is 0 Å². The number of aliphatic hydroxyl groups is 1. The lowest BCUT2D eigenvalue weighted by molar-refractivity contribution is -0.132. The fraction of sp³-hybridized carbons (Fsp3) is 0.130. The van der Waals surface area contributed by atoms with Gasteiger partial charge in [-0.05, 0) is 74.0 Å². The van der Waals surface area contributed by atoms with Crippen LogP contribution < -0.4 is 4.90 Å². The van der Waals surface area contributed by atoms with Crippen LogP contribution in [-0.2, 0) is 9.59 Å². The van der Waals surface area contributed by atoms with Gasteiger partial charge < -0.3 is 9.52 Å². The molecule has 0 spiro atoms. The van der Waals surface area contributed by atoms with Gasteiger partial charge in [0, 0.05) is 11.3 Å². The number of halogens is 2. The van der Waals surface area contributed by atoms with Crippen LogP contribution in [0.3, 0.4) is 0 Å². The van der Waals surface area contributed by atoms with Gasteiger partial charge in [0.2, 0.25) is 0 Å². The lowest BCUT2D eigenvalue weighted by atomic mass is 9.98. The Morgan fingerprint density at radius 3 is 2.30 bits per heavy atom. The maximum absolute atomic E-state index is 13.7. The Balaban J connectivity index is 1.94. The molecule has 1 aliphatic rings. The van der Waals surface area contributed by atoms with E-state index in [-0.39, 0.29) is 28.1 Å². The second-order valence-corrected chi connectivity index (χ2v) is 7.06. The van der Waals surface area contributed by atoms with Crippen LogP contribution in [0, 0.1) is 25.5 Å². The molecule has 0 radical (unpaired) electrons. The number of hydrogen-bond donors (Lipinski definition) is 1. The lowest BCUT2D eigenvalue weighted by Crippen LogP contribution is -2.29. The zero-order valence-corrected chi connectivity index (χ0v) is 16.1. The molecule has 0 saturated carbocycles. The van der Waals surface area contributed by atoms with Crippen LogP contribution >= 0.6 is 0 Å². The molecule has 2 heterocycles. The number of aryl methyl sites for hydroxylation is 2. The first-order chi connectivity index (χ1) is 14.3. The predicted molar refractivity (Wildman–Crippen MR) is 106 cm³/mol. The number of hydrogen-bond acceptors (Lipinski definition) is 4. The Morgan fingerprint density at radius 2 is 1.70 bits per heavy atom. The van der Waals surface area contributed by atoms with Gasteiger partial charge in [0.05, 0.1) is 5.57 Å². The molecule has 1 saturated heterocycles. The maximum Gasteiger partial charge on any atom is 0.300 e. The number of rotatable bonds is 3. The Bertz CT molecular complexity index is 1190. The normalized spacial score (nSPS) is 18.3. The minimum atomic E-state index is -1.06. The van der Waals surface area contributed by atoms with Crippen LogP contribution in [0.5, 0.6) is 0 Å². The number of furan rings is 1. The summed E-state index contributed by atoms with van der Waals surface area (Å²) in [5.41, 5.74) is 0.549. The molecule has 1 N–H and O–H groups in total. The van der Waals surface area contributed by atoms with E-state index in [1.165, 1.54) is 49.4 Å². The molecule has 3 aromatic rings. The fourth-order valence-corrected chi connectivity index (χ4v) is 3.52. The number of Topliss-reactive ketones (excluding diaryl/α,β-unsaturated/α-hetero) is 1. The third-order valence-electron chi connectivity index (χ3n) is 5.01. The molecule has 0 bridgehead atoms. The van der Waals surface area contributed by atoms with E-state index < -0.39 is 35.1 Å². The van der Waals surface area contributed by atoms with Crippen molar-refractivity contribution in [3.8, 4) is 0 Å². The van der Waals surface area contributed by atoms with Crippen LogP contribution in [0.1, 0.15) is 28.7 Å². The van der Waals surface area contributed by atoms with Crippen molar-refractivity contribution in [2.24, 2.45) is 0 Å². The molecule has 1 fully saturated rings. The number of amides is 1. The average Bonchev–Trinajstić information content (AvgIpc) is 3.26. The van der Waals surface area contributed by atoms with Crippen molar-refractivity contribution in [1.29, 1.82) is 0 Å². The molecular formula is C23H17F2NO4. The molecule has 1 atom stereocenters. The van der Waals surface area contributed by atoms with E-state index in [0.717, 1.165) is 4.90 Å². The van der Waals surface area contributed by atoms with Gasteiger partial charge in [-0.25, -0.2) is 8.78 Å². The molecule has 7 heteroatoms. The fourth-order valence-electron chi connectivity index (χ4n) is 3.52. The summed E-state index contributed by atoms with van der Waals surface area (Å²) in [5, 5.41) is 10.9. The lowest BCUT2D eigenvalue weighted by Gasteiger charge is -2.23. The first kappa shape index (κ1) is 19.6. The van der Waals surface area contributed by atoms with Crippen molar-refractivity contribution in [2.45, 2.75) is 19.9 Å². The van der Waals surface area contributed by atoms with E-state index in [0.29, 0.717) is 5.76 Å². The van der Waals surface area contributed by atoms with Crippen LogP contribution in [0.4, 0.5) is 14.5 Å². The highest BCUT2D eigenvalue weighted by Crippen LogP contribution is 2.42. The Labute approximate surface area is 170 Å². The first-order valence-corrected chi connectivity index (χ1v) is 9.17. The van der Waals surface area contributed by atoms with E-state index in [2.05, 4.69) is 0 Å². The minimum Gasteiger partial charge on any atom is -0.507 e. The van der Waals surface area contributed by atoms with Crippen molar-refractivity contribution >= 4 is 23.1 Å². The largest absolute Gasteiger partial charge is 0.507 e. The van der Waals surface area contributed by atoms with E-state index in [9.17, 15) is 23.5 Å². The molecule has 152 valence electrons. The summed E-state index contributed by atoms with van der Waals surface area (Å²) in [6, 6.07) is 11.2. The minimum absolute atomic E-state index is 0.190. The summed E-state index contributed by atoms with van der Waals surface area (Å²) in [6.07, 6.45) is 0. The Morgan fingerprint density at radius 1 is 1.00 bits per heavy atom. The van der Waals surface area contributed by atoms with Gasteiger partial charge in [0.25, 0.3) is 11.7 Å². The SMILES string of the molecule is Cc1ccc(C2/C(=C(/O)c3ccc(F)c(C)c3)C(=O)C(=O)N2c2ccc(F)cc2)o1. The quantitative estimate of drug-likeness (QED) is 0.383. The van der Waals surface area contributed by atoms with Gasteiger partial charge in [-0.15, -0.1) is 0 Å². The highest BCUT2D eigenvalue weighted by Gasteiger charge is 2.48. The van der Waals surface area contributed by atoms with Crippen LogP contribution in [-0.4, -0.2) is 16.8 Å². The van der Waals surface area contributed by atoms with Gasteiger partial charge in [-0.3, -0.25) is 14.5 Å². The first-order valence-electron chi connectivity index (χ1n) is 9.17. The average molecular weight is 409 g/mol. The summed E-state index contributed by atoms with van der Waals surface area (Å²) in [6.45, 7) is 3.23. The molecule has 2 aromatic carbocycles. The second-order valence-electron chi connectivity index (χ2n) is 7.06. The third-order valence-corrected chi connectivity index (χ3v) is 5.01. The van der Waals surface area contributed by atoms with Gasteiger partial charge in [-0.2, -0.15) is 0 Å². The Hall–Kier alpha value is -3.74. The molecule has 1 amide bonds. The number of carbonyl (C=O) groups excluding carboxylic acids is 2. The molecule has 5 nitrogen and oxygen atoms in total. The number of nitrogens with zero attached hydrogens (tertiary/aromatic N) is 1. The summed E-state index contributed by atoms with van der Waals surface area (Å²) in [7, 11) is 0. The number of carbonyl (C=O) groups is 2. The van der Waals surface area contributed by atoms with Gasteiger partial charge >= 0.3 is 0 Å². The van der Waals surface area contributed by atoms with Crippen molar-refractivity contribution < 1.29 is 27.9 Å². The number of anilines is 1. The summed E-state index contributed by atoms with van der Waals surface area (Å²) < 4.78 is 32.7. The molecule has 4 rings (SSSR count). The van der Waals surface area contributed by atoms with Crippen molar-refractivity contribution in [1.82, 2.24) is 0 Å². The topological polar surface area (TPSA) is 70.8 Å². The summed E-state index contributed by atoms with van der Waals surface area (Å²) in [5.74, 6) is -2.40. The highest BCUT2D eigenvalue weighted by atomic mass is 19.1. The highest BCUT2D eigenvalue weighted by molar-refractivity contribution is 6.51. The molecule has 1 aromatic heterocycles. The summed E-state index contributed by atoms with van der Waals surface area (Å²) in [4.78, 5) is 27.0. The molecule has 30 heavy (non-hydrogen) atoms. The molecule has 1 unspecified atom stereocenters. The number of ketones is 1. The molecular weight excluding hydrogens is 392 g/mol. The third kappa shape index (κ3) is 3.18. The molecule has 0 aliphatic carbocycles. The number of benzene rings is 2. The van der Waals surface area contributed by atoms with E-state index >= 15 is 0 Å². The van der Waals surface area contributed by atoms with Gasteiger partial charge in [0.15, 0.2) is 0 Å². The maximum atomic E-state index is 13.7. The zero-order chi connectivity index (χ0) is 21.6.